The van der Waals surface area contributed by atoms with Gasteiger partial charge in [0.05, 0.1) is 6.54 Å². The zero-order valence-corrected chi connectivity index (χ0v) is 16.8. The molecule has 1 fully saturated rings. The molecule has 0 aliphatic carbocycles. The first kappa shape index (κ1) is 19.9. The Morgan fingerprint density at radius 1 is 0.964 bits per heavy atom. The highest BCUT2D eigenvalue weighted by atomic mass is 16.2. The molecule has 5 nitrogen and oxygen atoms in total. The Bertz CT molecular complexity index is 804. The maximum Gasteiger partial charge on any atom is 0.243 e. The summed E-state index contributed by atoms with van der Waals surface area (Å²) < 4.78 is 0. The first-order valence-electron chi connectivity index (χ1n) is 9.99. The third kappa shape index (κ3) is 5.35. The van der Waals surface area contributed by atoms with Crippen molar-refractivity contribution in [2.75, 3.05) is 30.3 Å². The van der Waals surface area contributed by atoms with Gasteiger partial charge in [0.15, 0.2) is 0 Å². The third-order valence-electron chi connectivity index (χ3n) is 5.24. The predicted octanol–water partition coefficient (Wildman–Crippen LogP) is 3.91. The number of hydrogen-bond donors (Lipinski definition) is 2. The van der Waals surface area contributed by atoms with Gasteiger partial charge in [0, 0.05) is 30.9 Å². The quantitative estimate of drug-likeness (QED) is 0.767. The van der Waals surface area contributed by atoms with Crippen molar-refractivity contribution in [3.8, 4) is 0 Å². The minimum Gasteiger partial charge on any atom is -0.376 e. The lowest BCUT2D eigenvalue weighted by Crippen LogP contribution is -2.27. The van der Waals surface area contributed by atoms with Crippen molar-refractivity contribution in [2.45, 2.75) is 39.5 Å². The molecule has 2 aromatic carbocycles. The number of nitrogens with one attached hydrogen (secondary N) is 2. The Morgan fingerprint density at radius 3 is 2.25 bits per heavy atom. The molecule has 1 aliphatic rings. The first-order valence-corrected chi connectivity index (χ1v) is 9.99. The molecule has 0 saturated carbocycles. The molecule has 148 valence electrons. The molecule has 1 saturated heterocycles. The monoisotopic (exact) mass is 379 g/mol. The second-order valence-electron chi connectivity index (χ2n) is 7.45. The molecule has 1 heterocycles. The Kier molecular flexibility index (Phi) is 6.69. The van der Waals surface area contributed by atoms with E-state index in [1.54, 1.807) is 0 Å². The number of anilines is 2. The number of carbonyl (C=O) groups excluding carboxylic acids is 2. The molecule has 2 amide bonds. The average Bonchev–Trinajstić information content (AvgIpc) is 3.23. The summed E-state index contributed by atoms with van der Waals surface area (Å²) in [6, 6.07) is 13.9. The Morgan fingerprint density at radius 2 is 1.61 bits per heavy atom. The van der Waals surface area contributed by atoms with Crippen molar-refractivity contribution >= 4 is 23.2 Å². The highest BCUT2D eigenvalue weighted by molar-refractivity contribution is 5.95. The highest BCUT2D eigenvalue weighted by Crippen LogP contribution is 2.19. The van der Waals surface area contributed by atoms with Crippen LogP contribution in [0.1, 0.15) is 36.0 Å². The van der Waals surface area contributed by atoms with Crippen molar-refractivity contribution in [3.05, 3.63) is 59.2 Å². The predicted molar refractivity (Wildman–Crippen MR) is 114 cm³/mol. The number of likely N-dealkylation sites (tertiary alicyclic amines) is 1. The number of nitrogens with zero attached hydrogens (tertiary/aromatic N) is 1. The van der Waals surface area contributed by atoms with Crippen molar-refractivity contribution in [1.29, 1.82) is 0 Å². The molecule has 0 spiro atoms. The number of aryl methyl sites for hydroxylation is 3. The Balaban J connectivity index is 1.45. The molecule has 0 aromatic heterocycles. The topological polar surface area (TPSA) is 61.4 Å². The van der Waals surface area contributed by atoms with E-state index in [9.17, 15) is 9.59 Å². The molecule has 1 aliphatic heterocycles. The lowest BCUT2D eigenvalue weighted by molar-refractivity contribution is -0.130. The van der Waals surface area contributed by atoms with E-state index in [1.165, 1.54) is 0 Å². The normalized spacial score (nSPS) is 13.4. The molecular formula is C23H29N3O2. The van der Waals surface area contributed by atoms with Crippen molar-refractivity contribution in [1.82, 2.24) is 4.90 Å². The van der Waals surface area contributed by atoms with Crippen molar-refractivity contribution in [2.24, 2.45) is 0 Å². The minimum atomic E-state index is -0.0716. The smallest absolute Gasteiger partial charge is 0.243 e. The van der Waals surface area contributed by atoms with E-state index < -0.39 is 0 Å². The van der Waals surface area contributed by atoms with Gasteiger partial charge in [0.1, 0.15) is 0 Å². The number of rotatable bonds is 7. The molecule has 0 bridgehead atoms. The lowest BCUT2D eigenvalue weighted by atomic mass is 10.1. The zero-order chi connectivity index (χ0) is 19.9. The van der Waals surface area contributed by atoms with Gasteiger partial charge in [-0.3, -0.25) is 9.59 Å². The van der Waals surface area contributed by atoms with Crippen LogP contribution in [0.25, 0.3) is 0 Å². The number of hydrogen-bond acceptors (Lipinski definition) is 3. The maximum absolute atomic E-state index is 12.2. The van der Waals surface area contributed by atoms with E-state index in [2.05, 4.69) is 10.6 Å². The van der Waals surface area contributed by atoms with E-state index in [0.29, 0.717) is 6.42 Å². The standard InChI is InChI=1S/C23H29N3O2/c1-17-6-5-7-18(2)23(17)25-21(27)16-24-20-11-8-19(9-12-20)10-13-22(28)26-14-3-4-15-26/h5-9,11-12,24H,3-4,10,13-16H2,1-2H3,(H,25,27). The summed E-state index contributed by atoms with van der Waals surface area (Å²) in [5.74, 6) is 0.181. The van der Waals surface area contributed by atoms with E-state index in [-0.39, 0.29) is 18.4 Å². The van der Waals surface area contributed by atoms with Gasteiger partial charge in [-0.2, -0.15) is 0 Å². The minimum absolute atomic E-state index is 0.0716. The SMILES string of the molecule is Cc1cccc(C)c1NC(=O)CNc1ccc(CCC(=O)N2CCCC2)cc1. The van der Waals surface area contributed by atoms with Gasteiger partial charge in [0.25, 0.3) is 0 Å². The van der Waals surface area contributed by atoms with Crippen LogP contribution in [-0.4, -0.2) is 36.3 Å². The first-order chi connectivity index (χ1) is 13.5. The van der Waals surface area contributed by atoms with Gasteiger partial charge in [-0.25, -0.2) is 0 Å². The van der Waals surface area contributed by atoms with Gasteiger partial charge in [-0.05, 0) is 61.9 Å². The average molecular weight is 380 g/mol. The van der Waals surface area contributed by atoms with Crippen LogP contribution in [0.5, 0.6) is 0 Å². The molecule has 2 N–H and O–H groups in total. The molecule has 5 heteroatoms. The van der Waals surface area contributed by atoms with E-state index >= 15 is 0 Å². The summed E-state index contributed by atoms with van der Waals surface area (Å²) in [6.07, 6.45) is 3.57. The summed E-state index contributed by atoms with van der Waals surface area (Å²) in [4.78, 5) is 26.3. The van der Waals surface area contributed by atoms with Crippen LogP contribution in [0.3, 0.4) is 0 Å². The zero-order valence-electron chi connectivity index (χ0n) is 16.8. The van der Waals surface area contributed by atoms with Crippen molar-refractivity contribution in [3.63, 3.8) is 0 Å². The van der Waals surface area contributed by atoms with Crippen LogP contribution in [0.4, 0.5) is 11.4 Å². The van der Waals surface area contributed by atoms with Crippen LogP contribution in [-0.2, 0) is 16.0 Å². The fraction of sp³-hybridized carbons (Fsp3) is 0.391. The van der Waals surface area contributed by atoms with Crippen LogP contribution in [0.15, 0.2) is 42.5 Å². The molecule has 2 aromatic rings. The van der Waals surface area contributed by atoms with Gasteiger partial charge in [0.2, 0.25) is 11.8 Å². The molecular weight excluding hydrogens is 350 g/mol. The number of benzene rings is 2. The summed E-state index contributed by atoms with van der Waals surface area (Å²) in [7, 11) is 0. The maximum atomic E-state index is 12.2. The number of para-hydroxylation sites is 1. The molecule has 3 rings (SSSR count). The largest absolute Gasteiger partial charge is 0.376 e. The Hall–Kier alpha value is -2.82. The van der Waals surface area contributed by atoms with Crippen LogP contribution >= 0.6 is 0 Å². The molecule has 0 radical (unpaired) electrons. The third-order valence-corrected chi connectivity index (χ3v) is 5.24. The summed E-state index contributed by atoms with van der Waals surface area (Å²) in [6.45, 7) is 6.00. The highest BCUT2D eigenvalue weighted by Gasteiger charge is 2.17. The fourth-order valence-electron chi connectivity index (χ4n) is 3.54. The summed E-state index contributed by atoms with van der Waals surface area (Å²) in [5.41, 5.74) is 5.03. The van der Waals surface area contributed by atoms with Crippen LogP contribution in [0, 0.1) is 13.8 Å². The summed E-state index contributed by atoms with van der Waals surface area (Å²) in [5, 5.41) is 6.13. The van der Waals surface area contributed by atoms with Gasteiger partial charge in [-0.15, -0.1) is 0 Å². The van der Waals surface area contributed by atoms with Crippen molar-refractivity contribution < 1.29 is 9.59 Å². The van der Waals surface area contributed by atoms with E-state index in [0.717, 1.165) is 60.4 Å². The van der Waals surface area contributed by atoms with E-state index in [4.69, 9.17) is 0 Å². The number of carbonyl (C=O) groups is 2. The molecule has 0 unspecified atom stereocenters. The van der Waals surface area contributed by atoms with Gasteiger partial charge < -0.3 is 15.5 Å². The second-order valence-corrected chi connectivity index (χ2v) is 7.45. The van der Waals surface area contributed by atoms with Gasteiger partial charge in [-0.1, -0.05) is 30.3 Å². The summed E-state index contributed by atoms with van der Waals surface area (Å²) >= 11 is 0. The number of amides is 2. The van der Waals surface area contributed by atoms with E-state index in [1.807, 2.05) is 61.2 Å². The van der Waals surface area contributed by atoms with Crippen LogP contribution < -0.4 is 10.6 Å². The van der Waals surface area contributed by atoms with Crippen LogP contribution in [0.2, 0.25) is 0 Å². The second kappa shape index (κ2) is 9.40. The van der Waals surface area contributed by atoms with Gasteiger partial charge >= 0.3 is 0 Å². The molecule has 0 atom stereocenters. The lowest BCUT2D eigenvalue weighted by Gasteiger charge is -2.15. The fourth-order valence-corrected chi connectivity index (χ4v) is 3.54. The Labute approximate surface area is 167 Å². The molecule has 28 heavy (non-hydrogen) atoms.